The van der Waals surface area contributed by atoms with E-state index in [0.717, 1.165) is 4.90 Å². The highest BCUT2D eigenvalue weighted by atomic mass is 16.6. The first kappa shape index (κ1) is 20.0. The highest BCUT2D eigenvalue weighted by molar-refractivity contribution is 6.23. The zero-order chi connectivity index (χ0) is 21.3. The van der Waals surface area contributed by atoms with Gasteiger partial charge in [-0.05, 0) is 24.1 Å². The first-order valence-corrected chi connectivity index (χ1v) is 8.86. The van der Waals surface area contributed by atoms with Crippen molar-refractivity contribution in [1.82, 2.24) is 4.90 Å². The fourth-order valence-electron chi connectivity index (χ4n) is 3.28. The molecule has 0 fully saturated rings. The summed E-state index contributed by atoms with van der Waals surface area (Å²) in [6.07, 6.45) is 0. The SMILES string of the molecule is COc1cc([N+](=O)[O-])ccc1NC(=O)C(C(C)C)N1C(=O)c2ccccc2C1=O. The van der Waals surface area contributed by atoms with E-state index in [2.05, 4.69) is 5.32 Å². The third-order valence-corrected chi connectivity index (χ3v) is 4.66. The molecule has 2 aromatic rings. The second-order valence-corrected chi connectivity index (χ2v) is 6.85. The van der Waals surface area contributed by atoms with Gasteiger partial charge < -0.3 is 10.1 Å². The summed E-state index contributed by atoms with van der Waals surface area (Å²) in [6, 6.07) is 9.08. The summed E-state index contributed by atoms with van der Waals surface area (Å²) in [5.74, 6) is -1.94. The molecule has 0 bridgehead atoms. The molecule has 0 saturated carbocycles. The number of imide groups is 1. The van der Waals surface area contributed by atoms with Gasteiger partial charge in [-0.3, -0.25) is 29.4 Å². The Hall–Kier alpha value is -3.75. The van der Waals surface area contributed by atoms with Gasteiger partial charge in [-0.1, -0.05) is 26.0 Å². The van der Waals surface area contributed by atoms with Crippen molar-refractivity contribution in [1.29, 1.82) is 0 Å². The Balaban J connectivity index is 1.92. The fourth-order valence-corrected chi connectivity index (χ4v) is 3.28. The zero-order valence-electron chi connectivity index (χ0n) is 16.0. The van der Waals surface area contributed by atoms with E-state index in [0.29, 0.717) is 0 Å². The molecule has 1 heterocycles. The minimum Gasteiger partial charge on any atom is -0.494 e. The molecule has 0 spiro atoms. The van der Waals surface area contributed by atoms with Gasteiger partial charge in [0.15, 0.2) is 0 Å². The van der Waals surface area contributed by atoms with E-state index < -0.39 is 28.7 Å². The number of benzene rings is 2. The van der Waals surface area contributed by atoms with E-state index in [4.69, 9.17) is 4.74 Å². The lowest BCUT2D eigenvalue weighted by Crippen LogP contribution is -2.50. The molecule has 3 rings (SSSR count). The second kappa shape index (κ2) is 7.70. The number of non-ortho nitro benzene ring substituents is 1. The van der Waals surface area contributed by atoms with Crippen LogP contribution in [0.25, 0.3) is 0 Å². The lowest BCUT2D eigenvalue weighted by molar-refractivity contribution is -0.384. The van der Waals surface area contributed by atoms with Gasteiger partial charge in [-0.2, -0.15) is 0 Å². The average Bonchev–Trinajstić information content (AvgIpc) is 2.93. The molecule has 1 atom stereocenters. The summed E-state index contributed by atoms with van der Waals surface area (Å²) in [6.45, 7) is 3.45. The monoisotopic (exact) mass is 397 g/mol. The van der Waals surface area contributed by atoms with E-state index in [9.17, 15) is 24.5 Å². The standard InChI is InChI=1S/C20H19N3O6/c1-11(2)17(22-19(25)13-6-4-5-7-14(13)20(22)26)18(24)21-15-9-8-12(23(27)28)10-16(15)29-3/h4-11,17H,1-3H3,(H,21,24). The number of amides is 3. The molecular weight excluding hydrogens is 378 g/mol. The molecule has 2 aromatic carbocycles. The maximum atomic E-state index is 13.0. The molecule has 1 unspecified atom stereocenters. The number of nitro groups is 1. The van der Waals surface area contributed by atoms with E-state index in [1.807, 2.05) is 0 Å². The van der Waals surface area contributed by atoms with Crippen LogP contribution in [-0.4, -0.2) is 40.7 Å². The molecule has 1 aliphatic heterocycles. The fraction of sp³-hybridized carbons (Fsp3) is 0.250. The average molecular weight is 397 g/mol. The maximum Gasteiger partial charge on any atom is 0.273 e. The Labute approximate surface area is 166 Å². The van der Waals surface area contributed by atoms with Crippen molar-refractivity contribution in [3.8, 4) is 5.75 Å². The molecule has 0 aliphatic carbocycles. The van der Waals surface area contributed by atoms with Crippen molar-refractivity contribution in [2.24, 2.45) is 5.92 Å². The van der Waals surface area contributed by atoms with Gasteiger partial charge in [-0.15, -0.1) is 0 Å². The first-order chi connectivity index (χ1) is 13.8. The number of ether oxygens (including phenoxy) is 1. The lowest BCUT2D eigenvalue weighted by atomic mass is 10.0. The van der Waals surface area contributed by atoms with Crippen molar-refractivity contribution in [2.75, 3.05) is 12.4 Å². The van der Waals surface area contributed by atoms with Gasteiger partial charge in [-0.25, -0.2) is 0 Å². The van der Waals surface area contributed by atoms with Gasteiger partial charge in [0, 0.05) is 6.07 Å². The first-order valence-electron chi connectivity index (χ1n) is 8.86. The van der Waals surface area contributed by atoms with Crippen molar-refractivity contribution >= 4 is 29.1 Å². The minimum absolute atomic E-state index is 0.0948. The minimum atomic E-state index is -1.07. The number of methoxy groups -OCH3 is 1. The number of carbonyl (C=O) groups excluding carboxylic acids is 3. The van der Waals surface area contributed by atoms with E-state index in [1.54, 1.807) is 38.1 Å². The van der Waals surface area contributed by atoms with Gasteiger partial charge in [0.2, 0.25) is 5.91 Å². The van der Waals surface area contributed by atoms with Crippen LogP contribution in [0.3, 0.4) is 0 Å². The van der Waals surface area contributed by atoms with Gasteiger partial charge in [0.1, 0.15) is 11.8 Å². The Morgan fingerprint density at radius 1 is 1.10 bits per heavy atom. The Bertz CT molecular complexity index is 982. The quantitative estimate of drug-likeness (QED) is 0.455. The molecule has 9 nitrogen and oxygen atoms in total. The van der Waals surface area contributed by atoms with Gasteiger partial charge in [0.05, 0.1) is 34.9 Å². The number of hydrogen-bond acceptors (Lipinski definition) is 6. The third kappa shape index (κ3) is 3.54. The van der Waals surface area contributed by atoms with Crippen molar-refractivity contribution < 1.29 is 24.0 Å². The molecule has 150 valence electrons. The van der Waals surface area contributed by atoms with Crippen molar-refractivity contribution in [3.63, 3.8) is 0 Å². The number of hydrogen-bond donors (Lipinski definition) is 1. The largest absolute Gasteiger partial charge is 0.494 e. The van der Waals surface area contributed by atoms with Crippen LogP contribution in [0.15, 0.2) is 42.5 Å². The molecule has 1 N–H and O–H groups in total. The van der Waals surface area contributed by atoms with Crippen molar-refractivity contribution in [3.05, 3.63) is 63.7 Å². The van der Waals surface area contributed by atoms with E-state index in [-0.39, 0.29) is 34.2 Å². The summed E-state index contributed by atoms with van der Waals surface area (Å²) in [5, 5.41) is 13.6. The van der Waals surface area contributed by atoms with Gasteiger partial charge in [0.25, 0.3) is 17.5 Å². The van der Waals surface area contributed by atoms with Crippen LogP contribution in [0.2, 0.25) is 0 Å². The molecule has 0 saturated heterocycles. The number of anilines is 1. The van der Waals surface area contributed by atoms with Crippen LogP contribution in [0.1, 0.15) is 34.6 Å². The molecular formula is C20H19N3O6. The van der Waals surface area contributed by atoms with Crippen LogP contribution in [0.5, 0.6) is 5.75 Å². The molecule has 1 aliphatic rings. The summed E-state index contributed by atoms with van der Waals surface area (Å²) in [7, 11) is 1.32. The number of nitro benzene ring substituents is 1. The predicted octanol–water partition coefficient (Wildman–Crippen LogP) is 2.86. The molecule has 0 radical (unpaired) electrons. The highest BCUT2D eigenvalue weighted by Crippen LogP contribution is 2.31. The summed E-state index contributed by atoms with van der Waals surface area (Å²) >= 11 is 0. The molecule has 0 aromatic heterocycles. The number of nitrogens with one attached hydrogen (secondary N) is 1. The van der Waals surface area contributed by atoms with Crippen LogP contribution in [0, 0.1) is 16.0 Å². The molecule has 29 heavy (non-hydrogen) atoms. The zero-order valence-corrected chi connectivity index (χ0v) is 16.0. The second-order valence-electron chi connectivity index (χ2n) is 6.85. The highest BCUT2D eigenvalue weighted by Gasteiger charge is 2.44. The van der Waals surface area contributed by atoms with Crippen LogP contribution >= 0.6 is 0 Å². The summed E-state index contributed by atoms with van der Waals surface area (Å²) in [4.78, 5) is 49.9. The van der Waals surface area contributed by atoms with E-state index >= 15 is 0 Å². The topological polar surface area (TPSA) is 119 Å². The van der Waals surface area contributed by atoms with Crippen LogP contribution in [0.4, 0.5) is 11.4 Å². The molecule has 9 heteroatoms. The predicted molar refractivity (Wildman–Crippen MR) is 104 cm³/mol. The number of rotatable bonds is 6. The molecule has 3 amide bonds. The third-order valence-electron chi connectivity index (χ3n) is 4.66. The summed E-state index contributed by atoms with van der Waals surface area (Å²) in [5.41, 5.74) is 0.513. The van der Waals surface area contributed by atoms with Crippen LogP contribution < -0.4 is 10.1 Å². The Morgan fingerprint density at radius 3 is 2.17 bits per heavy atom. The summed E-state index contributed by atoms with van der Waals surface area (Å²) < 4.78 is 5.13. The normalized spacial score (nSPS) is 14.0. The lowest BCUT2D eigenvalue weighted by Gasteiger charge is -2.28. The maximum absolute atomic E-state index is 13.0. The number of fused-ring (bicyclic) bond motifs is 1. The Morgan fingerprint density at radius 2 is 1.69 bits per heavy atom. The Kier molecular flexibility index (Phi) is 5.31. The number of carbonyl (C=O) groups is 3. The van der Waals surface area contributed by atoms with Crippen LogP contribution in [-0.2, 0) is 4.79 Å². The number of nitrogens with zero attached hydrogens (tertiary/aromatic N) is 2. The van der Waals surface area contributed by atoms with E-state index in [1.165, 1.54) is 25.3 Å². The van der Waals surface area contributed by atoms with Gasteiger partial charge >= 0.3 is 0 Å². The smallest absolute Gasteiger partial charge is 0.273 e. The van der Waals surface area contributed by atoms with Crippen molar-refractivity contribution in [2.45, 2.75) is 19.9 Å².